The van der Waals surface area contributed by atoms with Crippen molar-refractivity contribution in [3.8, 4) is 0 Å². The molecule has 0 heterocycles. The summed E-state index contributed by atoms with van der Waals surface area (Å²) in [6, 6.07) is 13.5. The van der Waals surface area contributed by atoms with Gasteiger partial charge in [-0.2, -0.15) is 0 Å². The van der Waals surface area contributed by atoms with Gasteiger partial charge in [0.1, 0.15) is 0 Å². The third-order valence-corrected chi connectivity index (χ3v) is 4.30. The number of carbonyl (C=O) groups excluding carboxylic acids is 3. The molecule has 3 amide bonds. The van der Waals surface area contributed by atoms with Gasteiger partial charge in [-0.05, 0) is 47.4 Å². The highest BCUT2D eigenvalue weighted by molar-refractivity contribution is 6.04. The van der Waals surface area contributed by atoms with E-state index in [1.54, 1.807) is 24.3 Å². The molecule has 0 radical (unpaired) electrons. The Labute approximate surface area is 174 Å². The second-order valence-corrected chi connectivity index (χ2v) is 7.75. The Morgan fingerprint density at radius 2 is 1.30 bits per heavy atom. The maximum absolute atomic E-state index is 12.4. The van der Waals surface area contributed by atoms with Gasteiger partial charge < -0.3 is 10.4 Å². The lowest BCUT2D eigenvalue weighted by atomic mass is 9.87. The van der Waals surface area contributed by atoms with Gasteiger partial charge in [-0.3, -0.25) is 30.0 Å². The first kappa shape index (κ1) is 22.6. The van der Waals surface area contributed by atoms with Gasteiger partial charge in [0.05, 0.1) is 6.42 Å². The van der Waals surface area contributed by atoms with Gasteiger partial charge in [0, 0.05) is 23.2 Å². The fourth-order valence-corrected chi connectivity index (χ4v) is 2.51. The van der Waals surface area contributed by atoms with Gasteiger partial charge in [0.2, 0.25) is 5.91 Å². The van der Waals surface area contributed by atoms with Crippen LogP contribution in [0.5, 0.6) is 0 Å². The third kappa shape index (κ3) is 6.73. The van der Waals surface area contributed by atoms with Crippen LogP contribution >= 0.6 is 0 Å². The highest BCUT2D eigenvalue weighted by Crippen LogP contribution is 2.22. The summed E-state index contributed by atoms with van der Waals surface area (Å²) in [6.45, 7) is 6.30. The average molecular weight is 411 g/mol. The molecule has 30 heavy (non-hydrogen) atoms. The van der Waals surface area contributed by atoms with Crippen molar-refractivity contribution in [3.63, 3.8) is 0 Å². The molecule has 0 atom stereocenters. The summed E-state index contributed by atoms with van der Waals surface area (Å²) in [5, 5.41) is 11.3. The van der Waals surface area contributed by atoms with E-state index in [0.29, 0.717) is 11.3 Å². The van der Waals surface area contributed by atoms with Crippen LogP contribution in [0, 0.1) is 0 Å². The largest absolute Gasteiger partial charge is 0.481 e. The first-order valence-corrected chi connectivity index (χ1v) is 9.39. The van der Waals surface area contributed by atoms with Crippen LogP contribution in [0.15, 0.2) is 48.5 Å². The molecule has 0 saturated heterocycles. The van der Waals surface area contributed by atoms with Crippen molar-refractivity contribution in [1.82, 2.24) is 10.9 Å². The molecule has 0 bridgehead atoms. The molecule has 0 saturated carbocycles. The van der Waals surface area contributed by atoms with Crippen LogP contribution in [-0.2, 0) is 15.0 Å². The number of benzene rings is 2. The second-order valence-electron chi connectivity index (χ2n) is 7.75. The molecule has 2 rings (SSSR count). The summed E-state index contributed by atoms with van der Waals surface area (Å²) in [5.41, 5.74) is 6.79. The monoisotopic (exact) mass is 411 g/mol. The lowest BCUT2D eigenvalue weighted by molar-refractivity contribution is -0.138. The Balaban J connectivity index is 1.90. The summed E-state index contributed by atoms with van der Waals surface area (Å²) >= 11 is 0. The molecule has 2 aromatic carbocycles. The molecular weight excluding hydrogens is 386 g/mol. The Bertz CT molecular complexity index is 929. The topological polar surface area (TPSA) is 125 Å². The van der Waals surface area contributed by atoms with Crippen LogP contribution in [0.25, 0.3) is 0 Å². The number of carboxylic acid groups (broad SMARTS) is 1. The fraction of sp³-hybridized carbons (Fsp3) is 0.273. The smallest absolute Gasteiger partial charge is 0.303 e. The van der Waals surface area contributed by atoms with Crippen molar-refractivity contribution < 1.29 is 24.3 Å². The zero-order valence-electron chi connectivity index (χ0n) is 17.1. The van der Waals surface area contributed by atoms with Crippen molar-refractivity contribution in [2.24, 2.45) is 0 Å². The summed E-state index contributed by atoms with van der Waals surface area (Å²) in [5.74, 6) is -2.53. The van der Waals surface area contributed by atoms with Gasteiger partial charge in [-0.15, -0.1) is 0 Å². The molecule has 0 fully saturated rings. The maximum atomic E-state index is 12.4. The molecule has 0 aromatic heterocycles. The normalized spacial score (nSPS) is 10.8. The summed E-state index contributed by atoms with van der Waals surface area (Å²) < 4.78 is 0. The summed E-state index contributed by atoms with van der Waals surface area (Å²) in [6.07, 6.45) is -0.563. The minimum absolute atomic E-state index is 0.00113. The fourth-order valence-electron chi connectivity index (χ4n) is 2.51. The van der Waals surface area contributed by atoms with Crippen molar-refractivity contribution >= 4 is 29.4 Å². The first-order valence-electron chi connectivity index (χ1n) is 9.39. The number of carboxylic acids is 1. The van der Waals surface area contributed by atoms with E-state index in [9.17, 15) is 19.2 Å². The van der Waals surface area contributed by atoms with E-state index < -0.39 is 17.8 Å². The SMILES string of the molecule is CC(C)(C)c1ccc(C(=O)Nc2ccc(C(=O)NNC(=O)CCC(=O)O)cc2)cc1. The van der Waals surface area contributed by atoms with Gasteiger partial charge in [-0.25, -0.2) is 0 Å². The standard InChI is InChI=1S/C22H25N3O5/c1-22(2,3)16-8-4-14(5-9-16)20(29)23-17-10-6-15(7-11-17)21(30)25-24-18(26)12-13-19(27)28/h4-11H,12-13H2,1-3H3,(H,23,29)(H,24,26)(H,25,30)(H,27,28). The van der Waals surface area contributed by atoms with Gasteiger partial charge in [0.25, 0.3) is 11.8 Å². The van der Waals surface area contributed by atoms with Crippen molar-refractivity contribution in [3.05, 3.63) is 65.2 Å². The van der Waals surface area contributed by atoms with Crippen molar-refractivity contribution in [2.75, 3.05) is 5.32 Å². The van der Waals surface area contributed by atoms with Gasteiger partial charge in [-0.1, -0.05) is 32.9 Å². The number of amides is 3. The lowest BCUT2D eigenvalue weighted by Crippen LogP contribution is -2.41. The van der Waals surface area contributed by atoms with Crippen LogP contribution < -0.4 is 16.2 Å². The van der Waals surface area contributed by atoms with Crippen LogP contribution in [0.1, 0.15) is 59.9 Å². The highest BCUT2D eigenvalue weighted by atomic mass is 16.4. The summed E-state index contributed by atoms with van der Waals surface area (Å²) in [4.78, 5) is 46.3. The molecule has 8 nitrogen and oxygen atoms in total. The number of anilines is 1. The Kier molecular flexibility index (Phi) is 7.30. The number of nitrogens with one attached hydrogen (secondary N) is 3. The number of hydrogen-bond donors (Lipinski definition) is 4. The van der Waals surface area contributed by atoms with Crippen LogP contribution in [0.4, 0.5) is 5.69 Å². The van der Waals surface area contributed by atoms with E-state index in [-0.39, 0.29) is 29.7 Å². The number of hydrazine groups is 1. The van der Waals surface area contributed by atoms with E-state index in [0.717, 1.165) is 5.56 Å². The Hall–Kier alpha value is -3.68. The maximum Gasteiger partial charge on any atom is 0.303 e. The second kappa shape index (κ2) is 9.69. The van der Waals surface area contributed by atoms with Crippen LogP contribution in [0.3, 0.4) is 0 Å². The highest BCUT2D eigenvalue weighted by Gasteiger charge is 2.15. The van der Waals surface area contributed by atoms with Crippen LogP contribution in [0.2, 0.25) is 0 Å². The zero-order chi connectivity index (χ0) is 22.3. The van der Waals surface area contributed by atoms with E-state index in [2.05, 4.69) is 36.9 Å². The van der Waals surface area contributed by atoms with Gasteiger partial charge in [0.15, 0.2) is 0 Å². The Morgan fingerprint density at radius 1 is 0.767 bits per heavy atom. The van der Waals surface area contributed by atoms with Gasteiger partial charge >= 0.3 is 5.97 Å². The molecule has 0 spiro atoms. The van der Waals surface area contributed by atoms with Crippen molar-refractivity contribution in [2.45, 2.75) is 39.0 Å². The molecule has 158 valence electrons. The van der Waals surface area contributed by atoms with E-state index >= 15 is 0 Å². The number of carbonyl (C=O) groups is 4. The summed E-state index contributed by atoms with van der Waals surface area (Å²) in [7, 11) is 0. The molecule has 0 aliphatic rings. The third-order valence-electron chi connectivity index (χ3n) is 4.30. The number of rotatable bonds is 6. The first-order chi connectivity index (χ1) is 14.1. The molecule has 8 heteroatoms. The molecular formula is C22H25N3O5. The van der Waals surface area contributed by atoms with Crippen molar-refractivity contribution in [1.29, 1.82) is 0 Å². The van der Waals surface area contributed by atoms with Crippen LogP contribution in [-0.4, -0.2) is 28.8 Å². The quantitative estimate of drug-likeness (QED) is 0.544. The molecule has 0 aliphatic heterocycles. The average Bonchev–Trinajstić information content (AvgIpc) is 2.70. The Morgan fingerprint density at radius 3 is 1.83 bits per heavy atom. The predicted molar refractivity (Wildman–Crippen MR) is 112 cm³/mol. The minimum Gasteiger partial charge on any atom is -0.481 e. The molecule has 4 N–H and O–H groups in total. The molecule has 2 aromatic rings. The predicted octanol–water partition coefficient (Wildman–Crippen LogP) is 2.86. The molecule has 0 unspecified atom stereocenters. The van der Waals surface area contributed by atoms with E-state index in [4.69, 9.17) is 5.11 Å². The number of aliphatic carboxylic acids is 1. The lowest BCUT2D eigenvalue weighted by Gasteiger charge is -2.19. The van der Waals surface area contributed by atoms with E-state index in [1.807, 2.05) is 12.1 Å². The molecule has 0 aliphatic carbocycles. The number of hydrogen-bond acceptors (Lipinski definition) is 4. The zero-order valence-corrected chi connectivity index (χ0v) is 17.1. The minimum atomic E-state index is -1.10. The van der Waals surface area contributed by atoms with E-state index in [1.165, 1.54) is 12.1 Å².